The number of nitrogens with one attached hydrogen (secondary N) is 2. The summed E-state index contributed by atoms with van der Waals surface area (Å²) in [6, 6.07) is 12.9. The first kappa shape index (κ1) is 20.3. The van der Waals surface area contributed by atoms with E-state index in [1.165, 1.54) is 6.92 Å². The fourth-order valence-electron chi connectivity index (χ4n) is 3.43. The predicted octanol–water partition coefficient (Wildman–Crippen LogP) is 3.20. The summed E-state index contributed by atoms with van der Waals surface area (Å²) in [7, 11) is 0. The number of carbonyl (C=O) groups excluding carboxylic acids is 2. The van der Waals surface area contributed by atoms with E-state index < -0.39 is 0 Å². The number of aryl methyl sites for hydroxylation is 2. The van der Waals surface area contributed by atoms with Gasteiger partial charge < -0.3 is 19.6 Å². The monoisotopic (exact) mass is 417 g/mol. The molecule has 2 N–H and O–H groups in total. The molecule has 0 aliphatic carbocycles. The molecule has 3 aromatic heterocycles. The summed E-state index contributed by atoms with van der Waals surface area (Å²) in [6.45, 7) is 2.53. The Kier molecular flexibility index (Phi) is 6.07. The lowest BCUT2D eigenvalue weighted by Gasteiger charge is -2.11. The van der Waals surface area contributed by atoms with E-state index in [2.05, 4.69) is 20.6 Å². The van der Waals surface area contributed by atoms with Gasteiger partial charge in [-0.05, 0) is 36.4 Å². The van der Waals surface area contributed by atoms with Crippen molar-refractivity contribution in [3.8, 4) is 0 Å². The molecule has 4 aromatic rings. The third-order valence-electron chi connectivity index (χ3n) is 4.86. The lowest BCUT2D eigenvalue weighted by atomic mass is 10.1. The quantitative estimate of drug-likeness (QED) is 0.458. The molecular formula is C23H23N5O3. The molecule has 4 rings (SSSR count). The van der Waals surface area contributed by atoms with Gasteiger partial charge in [0.2, 0.25) is 5.91 Å². The number of anilines is 1. The molecule has 1 aromatic carbocycles. The van der Waals surface area contributed by atoms with Crippen molar-refractivity contribution in [1.29, 1.82) is 0 Å². The summed E-state index contributed by atoms with van der Waals surface area (Å²) in [5, 5.41) is 5.72. The highest BCUT2D eigenvalue weighted by molar-refractivity contribution is 6.05. The summed E-state index contributed by atoms with van der Waals surface area (Å²) in [4.78, 5) is 33.3. The molecule has 0 aliphatic heterocycles. The predicted molar refractivity (Wildman–Crippen MR) is 117 cm³/mol. The van der Waals surface area contributed by atoms with E-state index in [4.69, 9.17) is 4.42 Å². The van der Waals surface area contributed by atoms with E-state index >= 15 is 0 Å². The third-order valence-corrected chi connectivity index (χ3v) is 4.86. The van der Waals surface area contributed by atoms with Gasteiger partial charge in [0, 0.05) is 50.3 Å². The number of amides is 2. The Morgan fingerprint density at radius 3 is 2.74 bits per heavy atom. The highest BCUT2D eigenvalue weighted by atomic mass is 16.3. The van der Waals surface area contributed by atoms with Crippen LogP contribution in [0.25, 0.3) is 11.0 Å². The average molecular weight is 417 g/mol. The summed E-state index contributed by atoms with van der Waals surface area (Å²) in [6.07, 6.45) is 6.41. The number of rotatable bonds is 8. The molecule has 158 valence electrons. The molecule has 0 spiro atoms. The molecular weight excluding hydrogens is 394 g/mol. The van der Waals surface area contributed by atoms with Crippen molar-refractivity contribution in [1.82, 2.24) is 19.9 Å². The highest BCUT2D eigenvalue weighted by Crippen LogP contribution is 2.26. The topological polar surface area (TPSA) is 102 Å². The van der Waals surface area contributed by atoms with Crippen molar-refractivity contribution in [3.63, 3.8) is 0 Å². The van der Waals surface area contributed by atoms with E-state index in [0.717, 1.165) is 23.4 Å². The number of hydrogen-bond donors (Lipinski definition) is 2. The van der Waals surface area contributed by atoms with E-state index in [1.807, 2.05) is 34.9 Å². The van der Waals surface area contributed by atoms with E-state index in [0.29, 0.717) is 36.3 Å². The smallest absolute Gasteiger partial charge is 0.251 e. The highest BCUT2D eigenvalue weighted by Gasteiger charge is 2.15. The second kappa shape index (κ2) is 9.25. The summed E-state index contributed by atoms with van der Waals surface area (Å²) in [5.74, 6) is 0.360. The number of benzene rings is 1. The van der Waals surface area contributed by atoms with Crippen molar-refractivity contribution in [3.05, 3.63) is 78.3 Å². The van der Waals surface area contributed by atoms with Crippen LogP contribution in [-0.4, -0.2) is 32.9 Å². The Morgan fingerprint density at radius 2 is 2.00 bits per heavy atom. The average Bonchev–Trinajstić information content (AvgIpc) is 3.42. The number of hydrogen-bond acceptors (Lipinski definition) is 5. The lowest BCUT2D eigenvalue weighted by molar-refractivity contribution is -0.114. The molecule has 8 nitrogen and oxygen atoms in total. The van der Waals surface area contributed by atoms with Crippen LogP contribution in [0.2, 0.25) is 0 Å². The third kappa shape index (κ3) is 4.98. The fraction of sp³-hybridized carbons (Fsp3) is 0.217. The lowest BCUT2D eigenvalue weighted by Crippen LogP contribution is -2.25. The normalized spacial score (nSPS) is 10.9. The zero-order chi connectivity index (χ0) is 21.6. The van der Waals surface area contributed by atoms with E-state index in [9.17, 15) is 9.59 Å². The molecule has 31 heavy (non-hydrogen) atoms. The minimum absolute atomic E-state index is 0.214. The molecule has 0 saturated carbocycles. The largest absolute Gasteiger partial charge is 0.469 e. The van der Waals surface area contributed by atoms with Gasteiger partial charge >= 0.3 is 0 Å². The number of carbonyl (C=O) groups is 2. The first-order valence-corrected chi connectivity index (χ1v) is 10.1. The number of fused-ring (bicyclic) bond motifs is 1. The van der Waals surface area contributed by atoms with Gasteiger partial charge in [0.15, 0.2) is 0 Å². The SMILES string of the molecule is CC(=O)Nc1cc(C(=O)NCCc2ccco2)cc2ncn(CCc3ccccn3)c12. The first-order valence-electron chi connectivity index (χ1n) is 10.1. The fourth-order valence-corrected chi connectivity index (χ4v) is 3.43. The number of furan rings is 1. The van der Waals surface area contributed by atoms with Crippen LogP contribution in [0.3, 0.4) is 0 Å². The number of aromatic nitrogens is 3. The first-order chi connectivity index (χ1) is 15.1. The molecule has 0 radical (unpaired) electrons. The molecule has 8 heteroatoms. The molecule has 0 saturated heterocycles. The van der Waals surface area contributed by atoms with Crippen LogP contribution >= 0.6 is 0 Å². The molecule has 0 atom stereocenters. The Morgan fingerprint density at radius 1 is 1.10 bits per heavy atom. The molecule has 2 amide bonds. The van der Waals surface area contributed by atoms with Gasteiger partial charge in [0.1, 0.15) is 5.76 Å². The number of pyridine rings is 1. The maximum absolute atomic E-state index is 12.7. The molecule has 3 heterocycles. The summed E-state index contributed by atoms with van der Waals surface area (Å²) in [5.41, 5.74) is 3.38. The Balaban J connectivity index is 1.55. The number of nitrogens with zero attached hydrogens (tertiary/aromatic N) is 3. The van der Waals surface area contributed by atoms with Crippen molar-refractivity contribution in [2.24, 2.45) is 0 Å². The zero-order valence-corrected chi connectivity index (χ0v) is 17.2. The summed E-state index contributed by atoms with van der Waals surface area (Å²) < 4.78 is 7.25. The van der Waals surface area contributed by atoms with Gasteiger partial charge in [0.05, 0.1) is 29.3 Å². The summed E-state index contributed by atoms with van der Waals surface area (Å²) >= 11 is 0. The van der Waals surface area contributed by atoms with Gasteiger partial charge in [0.25, 0.3) is 5.91 Å². The van der Waals surface area contributed by atoms with Crippen LogP contribution in [0, 0.1) is 0 Å². The van der Waals surface area contributed by atoms with Crippen LogP contribution in [0.1, 0.15) is 28.7 Å². The Hall–Kier alpha value is -3.94. The van der Waals surface area contributed by atoms with Gasteiger partial charge in [-0.3, -0.25) is 14.6 Å². The molecule has 0 fully saturated rings. The maximum atomic E-state index is 12.7. The van der Waals surface area contributed by atoms with Gasteiger partial charge in [-0.25, -0.2) is 4.98 Å². The van der Waals surface area contributed by atoms with Crippen LogP contribution in [0.4, 0.5) is 5.69 Å². The van der Waals surface area contributed by atoms with Crippen LogP contribution in [-0.2, 0) is 24.2 Å². The van der Waals surface area contributed by atoms with Crippen molar-refractivity contribution < 1.29 is 14.0 Å². The Labute approximate surface area is 179 Å². The number of imidazole rings is 1. The second-order valence-electron chi connectivity index (χ2n) is 7.17. The molecule has 0 unspecified atom stereocenters. The molecule has 0 aliphatic rings. The van der Waals surface area contributed by atoms with Crippen molar-refractivity contribution in [2.45, 2.75) is 26.3 Å². The maximum Gasteiger partial charge on any atom is 0.251 e. The Bertz CT molecular complexity index is 1180. The zero-order valence-electron chi connectivity index (χ0n) is 17.2. The van der Waals surface area contributed by atoms with Crippen LogP contribution < -0.4 is 10.6 Å². The van der Waals surface area contributed by atoms with Crippen LogP contribution in [0.15, 0.2) is 65.7 Å². The van der Waals surface area contributed by atoms with Crippen molar-refractivity contribution in [2.75, 3.05) is 11.9 Å². The van der Waals surface area contributed by atoms with E-state index in [1.54, 1.807) is 30.9 Å². The van der Waals surface area contributed by atoms with E-state index in [-0.39, 0.29) is 11.8 Å². The van der Waals surface area contributed by atoms with Gasteiger partial charge in [-0.2, -0.15) is 0 Å². The standard InChI is InChI=1S/C23H23N5O3/c1-16(29)27-21-14-17(23(30)25-10-7-19-6-4-12-31-19)13-20-22(21)28(15-26-20)11-8-18-5-2-3-9-24-18/h2-6,9,12-15H,7-8,10-11H2,1H3,(H,25,30)(H,27,29). The van der Waals surface area contributed by atoms with Gasteiger partial charge in [-0.1, -0.05) is 6.07 Å². The van der Waals surface area contributed by atoms with Crippen molar-refractivity contribution >= 4 is 28.5 Å². The van der Waals surface area contributed by atoms with Gasteiger partial charge in [-0.15, -0.1) is 0 Å². The molecule has 0 bridgehead atoms. The minimum atomic E-state index is -0.233. The minimum Gasteiger partial charge on any atom is -0.469 e. The van der Waals surface area contributed by atoms with Crippen LogP contribution in [0.5, 0.6) is 0 Å². The second-order valence-corrected chi connectivity index (χ2v) is 7.17.